The van der Waals surface area contributed by atoms with Crippen molar-refractivity contribution in [1.29, 1.82) is 0 Å². The fourth-order valence-corrected chi connectivity index (χ4v) is 3.04. The molecule has 0 saturated heterocycles. The van der Waals surface area contributed by atoms with Crippen LogP contribution in [0.2, 0.25) is 0 Å². The molecule has 0 heterocycles. The van der Waals surface area contributed by atoms with E-state index >= 15 is 0 Å². The Hall–Kier alpha value is -2.58. The lowest BCUT2D eigenvalue weighted by atomic mass is 9.90. The van der Waals surface area contributed by atoms with Crippen LogP contribution in [-0.4, -0.2) is 6.54 Å². The fourth-order valence-electron chi connectivity index (χ4n) is 3.04. The lowest BCUT2D eigenvalue weighted by molar-refractivity contribution is 0.305. The van der Waals surface area contributed by atoms with Crippen LogP contribution in [-0.2, 0) is 13.0 Å². The molecule has 2 N–H and O–H groups in total. The summed E-state index contributed by atoms with van der Waals surface area (Å²) < 4.78 is 5.96. The largest absolute Gasteiger partial charge is 0.489 e. The second-order valence-corrected chi connectivity index (χ2v) is 6.41. The van der Waals surface area contributed by atoms with Gasteiger partial charge in [-0.1, -0.05) is 66.7 Å². The van der Waals surface area contributed by atoms with E-state index in [4.69, 9.17) is 10.5 Å². The van der Waals surface area contributed by atoms with E-state index in [9.17, 15) is 0 Å². The van der Waals surface area contributed by atoms with Crippen LogP contribution < -0.4 is 10.5 Å². The van der Waals surface area contributed by atoms with Gasteiger partial charge >= 0.3 is 0 Å². The summed E-state index contributed by atoms with van der Waals surface area (Å²) in [6.07, 6.45) is 0.950. The molecule has 2 nitrogen and oxygen atoms in total. The molecule has 1 unspecified atom stereocenters. The molecule has 0 spiro atoms. The molecular weight excluding hydrogens is 306 g/mol. The minimum Gasteiger partial charge on any atom is -0.489 e. The van der Waals surface area contributed by atoms with Crippen molar-refractivity contribution in [3.8, 4) is 5.75 Å². The number of rotatable bonds is 7. The van der Waals surface area contributed by atoms with Gasteiger partial charge in [-0.15, -0.1) is 0 Å². The maximum Gasteiger partial charge on any atom is 0.120 e. The van der Waals surface area contributed by atoms with Crippen LogP contribution in [0.4, 0.5) is 0 Å². The fraction of sp³-hybridized carbons (Fsp3) is 0.217. The highest BCUT2D eigenvalue weighted by molar-refractivity contribution is 5.34. The Morgan fingerprint density at radius 1 is 0.880 bits per heavy atom. The zero-order valence-electron chi connectivity index (χ0n) is 14.7. The van der Waals surface area contributed by atoms with Crippen molar-refractivity contribution in [2.75, 3.05) is 6.54 Å². The van der Waals surface area contributed by atoms with Crippen LogP contribution >= 0.6 is 0 Å². The zero-order valence-corrected chi connectivity index (χ0v) is 14.7. The van der Waals surface area contributed by atoms with Gasteiger partial charge in [0.25, 0.3) is 0 Å². The first-order valence-electron chi connectivity index (χ1n) is 8.77. The second-order valence-electron chi connectivity index (χ2n) is 6.41. The van der Waals surface area contributed by atoms with Gasteiger partial charge < -0.3 is 10.5 Å². The highest BCUT2D eigenvalue weighted by Gasteiger charge is 2.13. The van der Waals surface area contributed by atoms with Crippen molar-refractivity contribution in [2.45, 2.75) is 25.9 Å². The molecule has 128 valence electrons. The van der Waals surface area contributed by atoms with E-state index in [1.165, 1.54) is 22.3 Å². The quantitative estimate of drug-likeness (QED) is 0.671. The predicted octanol–water partition coefficient (Wildman–Crippen LogP) is 4.86. The third-order valence-corrected chi connectivity index (χ3v) is 4.59. The van der Waals surface area contributed by atoms with E-state index in [1.54, 1.807) is 0 Å². The van der Waals surface area contributed by atoms with E-state index in [0.29, 0.717) is 19.1 Å². The van der Waals surface area contributed by atoms with Crippen molar-refractivity contribution in [3.05, 3.63) is 101 Å². The molecule has 0 aliphatic rings. The molecule has 3 aromatic carbocycles. The standard InChI is InChI=1S/C23H25NO/c1-18-8-5-6-11-20(18)14-22(16-24)21-12-7-13-23(15-21)25-17-19-9-3-2-4-10-19/h2-13,15,22H,14,16-17,24H2,1H3. The summed E-state index contributed by atoms with van der Waals surface area (Å²) in [6, 6.07) is 27.1. The van der Waals surface area contributed by atoms with Crippen LogP contribution in [0.3, 0.4) is 0 Å². The molecule has 0 radical (unpaired) electrons. The van der Waals surface area contributed by atoms with Gasteiger partial charge in [0.1, 0.15) is 12.4 Å². The minimum absolute atomic E-state index is 0.293. The third kappa shape index (κ3) is 4.71. The SMILES string of the molecule is Cc1ccccc1CC(CN)c1cccc(OCc2ccccc2)c1. The van der Waals surface area contributed by atoms with Gasteiger partial charge in [0.15, 0.2) is 0 Å². The first kappa shape index (κ1) is 17.2. The van der Waals surface area contributed by atoms with Gasteiger partial charge in [0.2, 0.25) is 0 Å². The molecular formula is C23H25NO. The Morgan fingerprint density at radius 2 is 1.64 bits per heavy atom. The molecule has 2 heteroatoms. The molecule has 0 aromatic heterocycles. The molecule has 0 amide bonds. The van der Waals surface area contributed by atoms with Crippen molar-refractivity contribution in [2.24, 2.45) is 5.73 Å². The molecule has 3 rings (SSSR count). The number of aryl methyl sites for hydroxylation is 1. The summed E-state index contributed by atoms with van der Waals surface area (Å²) in [4.78, 5) is 0. The van der Waals surface area contributed by atoms with Crippen LogP contribution in [0.5, 0.6) is 5.75 Å². The first-order chi connectivity index (χ1) is 12.3. The van der Waals surface area contributed by atoms with Crippen LogP contribution in [0.15, 0.2) is 78.9 Å². The molecule has 0 fully saturated rings. The van der Waals surface area contributed by atoms with Crippen molar-refractivity contribution >= 4 is 0 Å². The Morgan fingerprint density at radius 3 is 2.40 bits per heavy atom. The maximum absolute atomic E-state index is 6.08. The van der Waals surface area contributed by atoms with Gasteiger partial charge in [-0.3, -0.25) is 0 Å². The monoisotopic (exact) mass is 331 g/mol. The van der Waals surface area contributed by atoms with Crippen LogP contribution in [0, 0.1) is 6.92 Å². The van der Waals surface area contributed by atoms with Gasteiger partial charge in [-0.25, -0.2) is 0 Å². The van der Waals surface area contributed by atoms with Gasteiger partial charge in [0.05, 0.1) is 0 Å². The third-order valence-electron chi connectivity index (χ3n) is 4.59. The summed E-state index contributed by atoms with van der Waals surface area (Å²) in [5, 5.41) is 0. The molecule has 0 bridgehead atoms. The normalized spacial score (nSPS) is 11.9. The summed E-state index contributed by atoms with van der Waals surface area (Å²) in [6.45, 7) is 3.36. The number of hydrogen-bond donors (Lipinski definition) is 1. The van der Waals surface area contributed by atoms with E-state index in [1.807, 2.05) is 24.3 Å². The lowest BCUT2D eigenvalue weighted by Crippen LogP contribution is -2.15. The van der Waals surface area contributed by atoms with Crippen molar-refractivity contribution in [3.63, 3.8) is 0 Å². The number of benzene rings is 3. The van der Waals surface area contributed by atoms with Crippen LogP contribution in [0.1, 0.15) is 28.2 Å². The summed E-state index contributed by atoms with van der Waals surface area (Å²) in [7, 11) is 0. The molecule has 0 aliphatic heterocycles. The van der Waals surface area contributed by atoms with Gasteiger partial charge in [-0.05, 0) is 54.3 Å². The Bertz CT molecular complexity index is 798. The number of nitrogens with two attached hydrogens (primary N) is 1. The van der Waals surface area contributed by atoms with Crippen molar-refractivity contribution in [1.82, 2.24) is 0 Å². The Labute approximate surface area is 150 Å². The summed E-state index contributed by atoms with van der Waals surface area (Å²) in [5.41, 5.74) is 11.2. The second kappa shape index (κ2) is 8.50. The van der Waals surface area contributed by atoms with E-state index in [0.717, 1.165) is 12.2 Å². The predicted molar refractivity (Wildman–Crippen MR) is 104 cm³/mol. The first-order valence-corrected chi connectivity index (χ1v) is 8.77. The molecule has 1 atom stereocenters. The Kier molecular flexibility index (Phi) is 5.86. The Balaban J connectivity index is 1.71. The average molecular weight is 331 g/mol. The van der Waals surface area contributed by atoms with E-state index in [-0.39, 0.29) is 0 Å². The van der Waals surface area contributed by atoms with E-state index in [2.05, 4.69) is 61.5 Å². The number of hydrogen-bond acceptors (Lipinski definition) is 2. The van der Waals surface area contributed by atoms with Gasteiger partial charge in [0, 0.05) is 5.92 Å². The maximum atomic E-state index is 6.08. The highest BCUT2D eigenvalue weighted by atomic mass is 16.5. The summed E-state index contributed by atoms with van der Waals surface area (Å²) >= 11 is 0. The summed E-state index contributed by atoms with van der Waals surface area (Å²) in [5.74, 6) is 1.19. The van der Waals surface area contributed by atoms with Gasteiger partial charge in [-0.2, -0.15) is 0 Å². The topological polar surface area (TPSA) is 35.2 Å². The molecule has 25 heavy (non-hydrogen) atoms. The van der Waals surface area contributed by atoms with Crippen molar-refractivity contribution < 1.29 is 4.74 Å². The number of ether oxygens (including phenoxy) is 1. The highest BCUT2D eigenvalue weighted by Crippen LogP contribution is 2.25. The minimum atomic E-state index is 0.293. The molecule has 0 saturated carbocycles. The zero-order chi connectivity index (χ0) is 17.5. The lowest BCUT2D eigenvalue weighted by Gasteiger charge is -2.18. The molecule has 3 aromatic rings. The average Bonchev–Trinajstić information content (AvgIpc) is 2.67. The van der Waals surface area contributed by atoms with Crippen LogP contribution in [0.25, 0.3) is 0 Å². The smallest absolute Gasteiger partial charge is 0.120 e. The van der Waals surface area contributed by atoms with E-state index < -0.39 is 0 Å². The molecule has 0 aliphatic carbocycles.